The Morgan fingerprint density at radius 1 is 0.807 bits per heavy atom. The molecule has 2 saturated heterocycles. The molecule has 0 aromatic heterocycles. The number of hydrogen-bond donors (Lipinski definition) is 10. The van der Waals surface area contributed by atoms with Crippen LogP contribution in [0.3, 0.4) is 0 Å². The van der Waals surface area contributed by atoms with E-state index in [1.165, 1.54) is 68.7 Å². The van der Waals surface area contributed by atoms with Crippen molar-refractivity contribution < 1.29 is 98.6 Å². The van der Waals surface area contributed by atoms with Crippen LogP contribution in [-0.4, -0.2) is 163 Å². The number of methoxy groups -OCH3 is 1. The van der Waals surface area contributed by atoms with Gasteiger partial charge in [0.1, 0.15) is 55.1 Å². The lowest BCUT2D eigenvalue weighted by molar-refractivity contribution is -0.326. The third kappa shape index (κ3) is 11.8. The molecule has 0 amide bonds. The first-order chi connectivity index (χ1) is 27.0. The van der Waals surface area contributed by atoms with Crippen LogP contribution in [0, 0.1) is 0 Å². The fourth-order valence-electron chi connectivity index (χ4n) is 5.90. The molecular weight excluding hydrogens is 764 g/mol. The maximum atomic E-state index is 12.9. The van der Waals surface area contributed by atoms with Gasteiger partial charge < -0.3 is 84.2 Å². The number of esters is 2. The molecule has 57 heavy (non-hydrogen) atoms. The van der Waals surface area contributed by atoms with Gasteiger partial charge in [0.05, 0.1) is 38.8 Å². The maximum Gasteiger partial charge on any atom is 0.331 e. The zero-order valence-corrected chi connectivity index (χ0v) is 30.6. The lowest BCUT2D eigenvalue weighted by atomic mass is 9.95. The normalized spacial score (nSPS) is 28.8. The molecule has 0 bridgehead atoms. The molecule has 0 saturated carbocycles. The van der Waals surface area contributed by atoms with Gasteiger partial charge in [-0.2, -0.15) is 0 Å². The van der Waals surface area contributed by atoms with E-state index in [0.717, 1.165) is 6.08 Å². The summed E-state index contributed by atoms with van der Waals surface area (Å²) in [5, 5.41) is 101. The summed E-state index contributed by atoms with van der Waals surface area (Å²) < 4.78 is 37.8. The quantitative estimate of drug-likeness (QED) is 0.0645. The Kier molecular flexibility index (Phi) is 15.7. The minimum absolute atomic E-state index is 0.00991. The number of hydrogen-bond acceptors (Lipinski definition) is 19. The Labute approximate surface area is 324 Å². The summed E-state index contributed by atoms with van der Waals surface area (Å²) in [5.41, 5.74) is -1.07. The molecule has 2 aliphatic rings. The summed E-state index contributed by atoms with van der Waals surface area (Å²) in [6.45, 7) is -0.676. The van der Waals surface area contributed by atoms with Crippen LogP contribution in [0.25, 0.3) is 12.2 Å². The first kappa shape index (κ1) is 44.8. The fourth-order valence-corrected chi connectivity index (χ4v) is 5.90. The standard InChI is InChI=1S/C37H46O20/c1-37(14-25(42)43,57-36-32(50)30(48)34(24(17-39)54-36)55-26(44)10-7-18-5-8-20(40)9-6-18)15-27(45)52-11-3-4-19-12-21(41)33(22(13-19)51-2)56-35-31(49)29(47)28(46)23(16-38)53-35/h3-10,12-13,23-24,28-32,34-36,38-41,46-50H,11,14-17H2,1-2H3,(H,42,43)/b4-3+,10-7+/t23-,24-,28-,29+,30-,31-,32-,34-,35+,36+,37?/m1/s1. The molecule has 2 heterocycles. The number of phenols is 2. The van der Waals surface area contributed by atoms with E-state index in [9.17, 15) is 65.4 Å². The lowest BCUT2D eigenvalue weighted by Gasteiger charge is -2.44. The molecule has 20 heteroatoms. The summed E-state index contributed by atoms with van der Waals surface area (Å²) in [6, 6.07) is 8.41. The molecule has 0 spiro atoms. The second-order valence-electron chi connectivity index (χ2n) is 13.3. The summed E-state index contributed by atoms with van der Waals surface area (Å²) >= 11 is 0. The average molecular weight is 811 g/mol. The number of carbonyl (C=O) groups excluding carboxylic acids is 2. The number of carbonyl (C=O) groups is 3. The number of ether oxygens (including phenoxy) is 7. The monoisotopic (exact) mass is 810 g/mol. The van der Waals surface area contributed by atoms with Crippen molar-refractivity contribution in [3.8, 4) is 23.0 Å². The van der Waals surface area contributed by atoms with E-state index >= 15 is 0 Å². The van der Waals surface area contributed by atoms with Crippen molar-refractivity contribution >= 4 is 30.1 Å². The molecule has 10 N–H and O–H groups in total. The average Bonchev–Trinajstić information content (AvgIpc) is 3.16. The van der Waals surface area contributed by atoms with Gasteiger partial charge in [-0.15, -0.1) is 0 Å². The highest BCUT2D eigenvalue weighted by atomic mass is 16.7. The van der Waals surface area contributed by atoms with E-state index in [1.54, 1.807) is 0 Å². The first-order valence-corrected chi connectivity index (χ1v) is 17.4. The number of carboxylic acid groups (broad SMARTS) is 1. The Morgan fingerprint density at radius 3 is 2.09 bits per heavy atom. The van der Waals surface area contributed by atoms with E-state index in [2.05, 4.69) is 0 Å². The van der Waals surface area contributed by atoms with Crippen molar-refractivity contribution in [2.24, 2.45) is 0 Å². The maximum absolute atomic E-state index is 12.9. The first-order valence-electron chi connectivity index (χ1n) is 17.4. The largest absolute Gasteiger partial charge is 0.508 e. The lowest BCUT2D eigenvalue weighted by Crippen LogP contribution is -2.61. The smallest absolute Gasteiger partial charge is 0.331 e. The molecular formula is C37H46O20. The van der Waals surface area contributed by atoms with Crippen LogP contribution in [0.2, 0.25) is 0 Å². The predicted molar refractivity (Wildman–Crippen MR) is 190 cm³/mol. The Morgan fingerprint density at radius 2 is 1.46 bits per heavy atom. The number of aliphatic hydroxyl groups is 7. The molecule has 2 aromatic carbocycles. The van der Waals surface area contributed by atoms with Crippen molar-refractivity contribution in [3.05, 3.63) is 59.7 Å². The van der Waals surface area contributed by atoms with E-state index in [1.807, 2.05) is 0 Å². The molecule has 2 aromatic rings. The van der Waals surface area contributed by atoms with Crippen LogP contribution in [0.5, 0.6) is 23.0 Å². The van der Waals surface area contributed by atoms with E-state index in [4.69, 9.17) is 33.2 Å². The number of aliphatic hydroxyl groups excluding tert-OH is 7. The Balaban J connectivity index is 1.35. The topological polar surface area (TPSA) is 318 Å². The fraction of sp³-hybridized carbons (Fsp3) is 0.486. The van der Waals surface area contributed by atoms with Gasteiger partial charge in [0.25, 0.3) is 0 Å². The van der Waals surface area contributed by atoms with Gasteiger partial charge in [-0.25, -0.2) is 4.79 Å². The number of rotatable bonds is 17. The van der Waals surface area contributed by atoms with Gasteiger partial charge in [0, 0.05) is 6.08 Å². The van der Waals surface area contributed by atoms with E-state index in [0.29, 0.717) is 11.1 Å². The summed E-state index contributed by atoms with van der Waals surface area (Å²) in [7, 11) is 1.25. The number of benzene rings is 2. The van der Waals surface area contributed by atoms with Crippen LogP contribution >= 0.6 is 0 Å². The van der Waals surface area contributed by atoms with Gasteiger partial charge in [-0.1, -0.05) is 18.2 Å². The minimum atomic E-state index is -1.94. The molecule has 4 rings (SSSR count). The number of phenolic OH excluding ortho intramolecular Hbond substituents is 2. The SMILES string of the molecule is COc1cc(/C=C/COC(=O)CC(C)(CC(=O)O)O[C@@H]2O[C@H](CO)[C@@H](OC(=O)/C=C/c3ccc(O)cc3)[C@H](O)[C@H]2O)cc(O)c1O[C@@H]1O[C@H](CO)[C@@H](O)[C@H](O)[C@H]1O. The van der Waals surface area contributed by atoms with Crippen molar-refractivity contribution in [1.82, 2.24) is 0 Å². The molecule has 0 aliphatic carbocycles. The molecule has 314 valence electrons. The van der Waals surface area contributed by atoms with Crippen molar-refractivity contribution in [2.45, 2.75) is 86.8 Å². The van der Waals surface area contributed by atoms with Crippen LogP contribution in [0.15, 0.2) is 48.6 Å². The van der Waals surface area contributed by atoms with Crippen molar-refractivity contribution in [2.75, 3.05) is 26.9 Å². The van der Waals surface area contributed by atoms with Gasteiger partial charge in [0.15, 0.2) is 23.9 Å². The van der Waals surface area contributed by atoms with E-state index in [-0.39, 0.29) is 23.9 Å². The van der Waals surface area contributed by atoms with Crippen LogP contribution in [0.1, 0.15) is 30.9 Å². The Bertz CT molecular complexity index is 1730. The third-order valence-electron chi connectivity index (χ3n) is 8.83. The van der Waals surface area contributed by atoms with Crippen LogP contribution in [-0.2, 0) is 38.1 Å². The van der Waals surface area contributed by atoms with Crippen LogP contribution < -0.4 is 9.47 Å². The zero-order chi connectivity index (χ0) is 42.0. The van der Waals surface area contributed by atoms with Crippen molar-refractivity contribution in [3.63, 3.8) is 0 Å². The van der Waals surface area contributed by atoms with Crippen molar-refractivity contribution in [1.29, 1.82) is 0 Å². The second kappa shape index (κ2) is 20.0. The predicted octanol–water partition coefficient (Wildman–Crippen LogP) is -1.45. The molecule has 1 unspecified atom stereocenters. The number of aliphatic carboxylic acids is 1. The summed E-state index contributed by atoms with van der Waals surface area (Å²) in [5.74, 6) is -4.19. The third-order valence-corrected chi connectivity index (χ3v) is 8.83. The number of carboxylic acids is 1. The highest BCUT2D eigenvalue weighted by Crippen LogP contribution is 2.40. The van der Waals surface area contributed by atoms with Gasteiger partial charge in [-0.05, 0) is 54.5 Å². The molecule has 2 fully saturated rings. The highest BCUT2D eigenvalue weighted by Gasteiger charge is 2.50. The van der Waals surface area contributed by atoms with E-state index < -0.39 is 117 Å². The highest BCUT2D eigenvalue weighted by molar-refractivity contribution is 5.87. The van der Waals surface area contributed by atoms with Gasteiger partial charge in [-0.3, -0.25) is 9.59 Å². The second-order valence-corrected chi connectivity index (χ2v) is 13.3. The zero-order valence-electron chi connectivity index (χ0n) is 30.6. The molecule has 11 atom stereocenters. The molecule has 2 aliphatic heterocycles. The van der Waals surface area contributed by atoms with Gasteiger partial charge in [0.2, 0.25) is 12.0 Å². The summed E-state index contributed by atoms with van der Waals surface area (Å²) in [4.78, 5) is 37.1. The number of aromatic hydroxyl groups is 2. The minimum Gasteiger partial charge on any atom is -0.508 e. The Hall–Kier alpha value is -4.87. The molecule has 20 nitrogen and oxygen atoms in total. The van der Waals surface area contributed by atoms with Crippen LogP contribution in [0.4, 0.5) is 0 Å². The molecule has 0 radical (unpaired) electrons. The van der Waals surface area contributed by atoms with Gasteiger partial charge >= 0.3 is 17.9 Å². The summed E-state index contributed by atoms with van der Waals surface area (Å²) in [6.07, 6.45) is -13.0.